The number of hydrogen-bond donors (Lipinski definition) is 0. The fourth-order valence-electron chi connectivity index (χ4n) is 2.39. The molecule has 0 saturated carbocycles. The summed E-state index contributed by atoms with van der Waals surface area (Å²) in [7, 11) is 0. The first-order valence-electron chi connectivity index (χ1n) is 9.50. The molecule has 0 aliphatic carbocycles. The molecular formula is C20H38O2. The molecule has 0 aliphatic heterocycles. The van der Waals surface area contributed by atoms with Gasteiger partial charge in [-0.2, -0.15) is 0 Å². The summed E-state index contributed by atoms with van der Waals surface area (Å²) in [4.78, 5) is 0. The van der Waals surface area contributed by atoms with E-state index in [4.69, 9.17) is 9.47 Å². The molecule has 0 aromatic carbocycles. The van der Waals surface area contributed by atoms with Gasteiger partial charge in [0.1, 0.15) is 0 Å². The quantitative estimate of drug-likeness (QED) is 0.195. The Morgan fingerprint density at radius 2 is 1.05 bits per heavy atom. The number of rotatable bonds is 16. The van der Waals surface area contributed by atoms with Crippen molar-refractivity contribution < 1.29 is 9.47 Å². The normalized spacial score (nSPS) is 10.7. The lowest BCUT2D eigenvalue weighted by Gasteiger charge is -2.13. The summed E-state index contributed by atoms with van der Waals surface area (Å²) in [5, 5.41) is 0. The van der Waals surface area contributed by atoms with E-state index in [0.717, 1.165) is 26.1 Å². The monoisotopic (exact) mass is 310 g/mol. The molecule has 2 nitrogen and oxygen atoms in total. The van der Waals surface area contributed by atoms with Gasteiger partial charge in [-0.25, -0.2) is 0 Å². The van der Waals surface area contributed by atoms with Gasteiger partial charge in [-0.3, -0.25) is 0 Å². The van der Waals surface area contributed by atoms with E-state index in [1.165, 1.54) is 64.2 Å². The van der Waals surface area contributed by atoms with Crippen molar-refractivity contribution in [3.8, 4) is 11.8 Å². The maximum atomic E-state index is 5.74. The number of ether oxygens (including phenoxy) is 2. The van der Waals surface area contributed by atoms with Gasteiger partial charge >= 0.3 is 0 Å². The molecule has 0 fully saturated rings. The summed E-state index contributed by atoms with van der Waals surface area (Å²) >= 11 is 0. The molecule has 0 aliphatic rings. The Hall–Kier alpha value is -0.520. The van der Waals surface area contributed by atoms with Crippen molar-refractivity contribution in [3.05, 3.63) is 0 Å². The van der Waals surface area contributed by atoms with Crippen molar-refractivity contribution in [3.63, 3.8) is 0 Å². The Kier molecular flexibility index (Phi) is 18.1. The van der Waals surface area contributed by atoms with Crippen LogP contribution in [0.2, 0.25) is 0 Å². The summed E-state index contributed by atoms with van der Waals surface area (Å²) in [6, 6.07) is 0. The van der Waals surface area contributed by atoms with E-state index >= 15 is 0 Å². The molecule has 0 heterocycles. The molecule has 22 heavy (non-hydrogen) atoms. The lowest BCUT2D eigenvalue weighted by atomic mass is 10.1. The van der Waals surface area contributed by atoms with Gasteiger partial charge in [-0.1, -0.05) is 78.1 Å². The van der Waals surface area contributed by atoms with Crippen LogP contribution in [-0.4, -0.2) is 19.5 Å². The molecule has 0 bridgehead atoms. The smallest absolute Gasteiger partial charge is 0.222 e. The minimum absolute atomic E-state index is 0.323. The predicted octanol–water partition coefficient (Wildman–Crippen LogP) is 6.09. The van der Waals surface area contributed by atoms with Crippen LogP contribution in [0.25, 0.3) is 0 Å². The van der Waals surface area contributed by atoms with E-state index in [9.17, 15) is 0 Å². The molecule has 0 aromatic rings. The van der Waals surface area contributed by atoms with E-state index in [0.29, 0.717) is 0 Å². The van der Waals surface area contributed by atoms with Gasteiger partial charge in [0.05, 0.1) is 13.2 Å². The first-order chi connectivity index (χ1) is 10.8. The van der Waals surface area contributed by atoms with E-state index in [-0.39, 0.29) is 6.29 Å². The van der Waals surface area contributed by atoms with Crippen molar-refractivity contribution >= 4 is 0 Å². The topological polar surface area (TPSA) is 18.5 Å². The summed E-state index contributed by atoms with van der Waals surface area (Å²) in [5.41, 5.74) is 0. The maximum Gasteiger partial charge on any atom is 0.222 e. The van der Waals surface area contributed by atoms with Gasteiger partial charge in [-0.05, 0) is 25.7 Å². The average molecular weight is 311 g/mol. The van der Waals surface area contributed by atoms with Gasteiger partial charge in [0.2, 0.25) is 6.29 Å². The highest BCUT2D eigenvalue weighted by molar-refractivity contribution is 4.98. The van der Waals surface area contributed by atoms with Crippen LogP contribution in [0.15, 0.2) is 0 Å². The van der Waals surface area contributed by atoms with Crippen LogP contribution >= 0.6 is 0 Å². The van der Waals surface area contributed by atoms with E-state index in [1.54, 1.807) is 0 Å². The number of unbranched alkanes of at least 4 members (excludes halogenated alkanes) is 10. The molecule has 0 spiro atoms. The fraction of sp³-hybridized carbons (Fsp3) is 0.900. The van der Waals surface area contributed by atoms with Crippen LogP contribution in [0, 0.1) is 11.8 Å². The van der Waals surface area contributed by atoms with E-state index in [2.05, 4.69) is 25.7 Å². The third kappa shape index (κ3) is 15.9. The van der Waals surface area contributed by atoms with Crippen LogP contribution in [0.1, 0.15) is 97.8 Å². The molecule has 0 rings (SSSR count). The molecule has 0 N–H and O–H groups in total. The largest absolute Gasteiger partial charge is 0.342 e. The van der Waals surface area contributed by atoms with Gasteiger partial charge in [-0.15, -0.1) is 5.92 Å². The van der Waals surface area contributed by atoms with Gasteiger partial charge in [0.25, 0.3) is 0 Å². The third-order valence-corrected chi connectivity index (χ3v) is 3.80. The Balaban J connectivity index is 3.50. The van der Waals surface area contributed by atoms with Crippen molar-refractivity contribution in [2.75, 3.05) is 13.2 Å². The summed E-state index contributed by atoms with van der Waals surface area (Å²) < 4.78 is 11.5. The maximum absolute atomic E-state index is 5.74. The molecular weight excluding hydrogens is 272 g/mol. The standard InChI is InChI=1S/C20H38O2/c1-4-7-9-11-13-15-18-21-20(17-6-3)22-19-16-14-12-10-8-5-2/h20H,4-5,7-16,18-19H2,1-3H3. The van der Waals surface area contributed by atoms with Crippen LogP contribution in [-0.2, 0) is 9.47 Å². The van der Waals surface area contributed by atoms with Crippen LogP contribution in [0.4, 0.5) is 0 Å². The average Bonchev–Trinajstić information content (AvgIpc) is 2.53. The lowest BCUT2D eigenvalue weighted by Crippen LogP contribution is -2.16. The lowest BCUT2D eigenvalue weighted by molar-refractivity contribution is -0.106. The molecule has 2 heteroatoms. The highest BCUT2D eigenvalue weighted by Crippen LogP contribution is 2.08. The Morgan fingerprint density at radius 1 is 0.636 bits per heavy atom. The molecule has 130 valence electrons. The minimum atomic E-state index is -0.323. The predicted molar refractivity (Wildman–Crippen MR) is 95.9 cm³/mol. The van der Waals surface area contributed by atoms with Crippen LogP contribution in [0.5, 0.6) is 0 Å². The van der Waals surface area contributed by atoms with Crippen LogP contribution in [0.3, 0.4) is 0 Å². The van der Waals surface area contributed by atoms with Gasteiger partial charge in [0.15, 0.2) is 0 Å². The third-order valence-electron chi connectivity index (χ3n) is 3.80. The molecule has 0 unspecified atom stereocenters. The molecule has 0 amide bonds. The zero-order valence-corrected chi connectivity index (χ0v) is 15.3. The minimum Gasteiger partial charge on any atom is -0.342 e. The van der Waals surface area contributed by atoms with Crippen LogP contribution < -0.4 is 0 Å². The Labute approximate surface area is 139 Å². The SMILES string of the molecule is CC#CC(OCCCCCCCC)OCCCCCCCC. The van der Waals surface area contributed by atoms with E-state index < -0.39 is 0 Å². The molecule has 0 atom stereocenters. The van der Waals surface area contributed by atoms with E-state index in [1.807, 2.05) is 6.92 Å². The fourth-order valence-corrected chi connectivity index (χ4v) is 2.39. The highest BCUT2D eigenvalue weighted by Gasteiger charge is 2.04. The first-order valence-corrected chi connectivity index (χ1v) is 9.50. The Morgan fingerprint density at radius 3 is 1.45 bits per heavy atom. The molecule has 0 aromatic heterocycles. The zero-order valence-electron chi connectivity index (χ0n) is 15.3. The summed E-state index contributed by atoms with van der Waals surface area (Å²) in [5.74, 6) is 5.92. The second-order valence-corrected chi connectivity index (χ2v) is 6.00. The Bertz CT molecular complexity index is 247. The summed E-state index contributed by atoms with van der Waals surface area (Å²) in [6.07, 6.45) is 15.1. The zero-order chi connectivity index (χ0) is 16.3. The van der Waals surface area contributed by atoms with Crippen molar-refractivity contribution in [1.82, 2.24) is 0 Å². The molecule has 0 radical (unpaired) electrons. The molecule has 0 saturated heterocycles. The number of hydrogen-bond acceptors (Lipinski definition) is 2. The second kappa shape index (κ2) is 18.5. The van der Waals surface area contributed by atoms with Gasteiger partial charge in [0, 0.05) is 0 Å². The van der Waals surface area contributed by atoms with Crippen molar-refractivity contribution in [1.29, 1.82) is 0 Å². The van der Waals surface area contributed by atoms with Crippen molar-refractivity contribution in [2.24, 2.45) is 0 Å². The first kappa shape index (κ1) is 21.5. The van der Waals surface area contributed by atoms with Gasteiger partial charge < -0.3 is 9.47 Å². The highest BCUT2D eigenvalue weighted by atomic mass is 16.7. The second-order valence-electron chi connectivity index (χ2n) is 6.00. The summed E-state index contributed by atoms with van der Waals surface area (Å²) in [6.45, 7) is 7.87. The van der Waals surface area contributed by atoms with Crippen molar-refractivity contribution in [2.45, 2.75) is 104 Å².